The normalized spacial score (nSPS) is 21.0. The molecule has 1 aromatic rings. The molecule has 0 aromatic heterocycles. The van der Waals surface area contributed by atoms with E-state index in [1.165, 1.54) is 36.3 Å². The number of carbonyl (C=O) groups excluding carboxylic acids is 1. The molecule has 0 saturated carbocycles. The lowest BCUT2D eigenvalue weighted by molar-refractivity contribution is 0.0742. The SMILES string of the molecule is O=C(c1ccc(C2SCCS2)cc1)N1CCCCCCC1. The fraction of sp³-hybridized carbons (Fsp3) is 0.588. The van der Waals surface area contributed by atoms with Gasteiger partial charge in [0.1, 0.15) is 0 Å². The van der Waals surface area contributed by atoms with Crippen LogP contribution in [0, 0.1) is 0 Å². The van der Waals surface area contributed by atoms with E-state index in [0.29, 0.717) is 4.58 Å². The Bertz CT molecular complexity index is 460. The topological polar surface area (TPSA) is 20.3 Å². The van der Waals surface area contributed by atoms with Crippen LogP contribution in [-0.2, 0) is 0 Å². The first kappa shape index (κ1) is 15.3. The largest absolute Gasteiger partial charge is 0.339 e. The van der Waals surface area contributed by atoms with Gasteiger partial charge in [-0.3, -0.25) is 4.79 Å². The predicted octanol–water partition coefficient (Wildman–Crippen LogP) is 4.57. The number of rotatable bonds is 2. The smallest absolute Gasteiger partial charge is 0.253 e. The van der Waals surface area contributed by atoms with Crippen molar-refractivity contribution in [3.63, 3.8) is 0 Å². The molecular weight excluding hydrogens is 298 g/mol. The molecule has 2 fully saturated rings. The van der Waals surface area contributed by atoms with Crippen molar-refractivity contribution in [1.29, 1.82) is 0 Å². The molecule has 1 aromatic carbocycles. The Labute approximate surface area is 136 Å². The average Bonchev–Trinajstić information content (AvgIpc) is 3.01. The van der Waals surface area contributed by atoms with E-state index in [9.17, 15) is 4.79 Å². The minimum absolute atomic E-state index is 0.218. The molecule has 0 bridgehead atoms. The van der Waals surface area contributed by atoms with Crippen LogP contribution in [0.1, 0.15) is 52.6 Å². The third-order valence-corrected chi connectivity index (χ3v) is 7.30. The zero-order valence-electron chi connectivity index (χ0n) is 12.4. The summed E-state index contributed by atoms with van der Waals surface area (Å²) in [7, 11) is 0. The first-order valence-corrected chi connectivity index (χ1v) is 10.1. The van der Waals surface area contributed by atoms with Crippen LogP contribution in [0.25, 0.3) is 0 Å². The van der Waals surface area contributed by atoms with Crippen molar-refractivity contribution in [2.24, 2.45) is 0 Å². The highest BCUT2D eigenvalue weighted by Gasteiger charge is 2.20. The van der Waals surface area contributed by atoms with Crippen molar-refractivity contribution in [3.05, 3.63) is 35.4 Å². The molecule has 2 heterocycles. The zero-order chi connectivity index (χ0) is 14.5. The molecule has 114 valence electrons. The molecule has 0 radical (unpaired) electrons. The summed E-state index contributed by atoms with van der Waals surface area (Å²) in [6.07, 6.45) is 6.16. The van der Waals surface area contributed by atoms with Crippen LogP contribution >= 0.6 is 23.5 Å². The standard InChI is InChI=1S/C17H23NOS2/c19-16(18-10-4-2-1-3-5-11-18)14-6-8-15(9-7-14)17-20-12-13-21-17/h6-9,17H,1-5,10-13H2. The lowest BCUT2D eigenvalue weighted by Crippen LogP contribution is -2.33. The van der Waals surface area contributed by atoms with Crippen LogP contribution in [0.5, 0.6) is 0 Å². The van der Waals surface area contributed by atoms with Crippen LogP contribution in [0.4, 0.5) is 0 Å². The maximum absolute atomic E-state index is 12.6. The Hall–Kier alpha value is -0.610. The molecule has 2 aliphatic rings. The Morgan fingerprint density at radius 3 is 2.10 bits per heavy atom. The van der Waals surface area contributed by atoms with E-state index in [2.05, 4.69) is 12.1 Å². The Morgan fingerprint density at radius 1 is 0.905 bits per heavy atom. The highest BCUT2D eigenvalue weighted by Crippen LogP contribution is 2.45. The molecule has 2 aliphatic heterocycles. The molecule has 0 unspecified atom stereocenters. The molecule has 1 amide bonds. The summed E-state index contributed by atoms with van der Waals surface area (Å²) in [4.78, 5) is 14.7. The van der Waals surface area contributed by atoms with Gasteiger partial charge in [0.15, 0.2) is 0 Å². The van der Waals surface area contributed by atoms with Gasteiger partial charge in [-0.05, 0) is 30.5 Å². The molecule has 0 spiro atoms. The van der Waals surface area contributed by atoms with Crippen LogP contribution in [0.3, 0.4) is 0 Å². The fourth-order valence-corrected chi connectivity index (χ4v) is 5.83. The van der Waals surface area contributed by atoms with Gasteiger partial charge in [-0.1, -0.05) is 31.4 Å². The molecule has 2 saturated heterocycles. The summed E-state index contributed by atoms with van der Waals surface area (Å²) in [5.41, 5.74) is 2.21. The highest BCUT2D eigenvalue weighted by atomic mass is 32.2. The second-order valence-corrected chi connectivity index (χ2v) is 8.48. The van der Waals surface area contributed by atoms with E-state index in [4.69, 9.17) is 0 Å². The summed E-state index contributed by atoms with van der Waals surface area (Å²) in [5.74, 6) is 2.70. The van der Waals surface area contributed by atoms with Gasteiger partial charge in [0.25, 0.3) is 5.91 Å². The van der Waals surface area contributed by atoms with E-state index >= 15 is 0 Å². The van der Waals surface area contributed by atoms with Crippen molar-refractivity contribution in [2.45, 2.75) is 36.7 Å². The molecular formula is C17H23NOS2. The van der Waals surface area contributed by atoms with E-state index < -0.39 is 0 Å². The fourth-order valence-electron chi connectivity index (χ4n) is 2.97. The van der Waals surface area contributed by atoms with Gasteiger partial charge in [0.2, 0.25) is 0 Å². The predicted molar refractivity (Wildman–Crippen MR) is 93.1 cm³/mol. The number of hydrogen-bond donors (Lipinski definition) is 0. The number of amides is 1. The Kier molecular flexibility index (Phi) is 5.53. The second-order valence-electron chi connectivity index (χ2n) is 5.76. The van der Waals surface area contributed by atoms with Crippen molar-refractivity contribution < 1.29 is 4.79 Å². The Morgan fingerprint density at radius 2 is 1.48 bits per heavy atom. The first-order chi connectivity index (χ1) is 10.3. The molecule has 0 atom stereocenters. The summed E-state index contributed by atoms with van der Waals surface area (Å²) in [6.45, 7) is 1.85. The molecule has 3 rings (SSSR count). The molecule has 4 heteroatoms. The third-order valence-electron chi connectivity index (χ3n) is 4.19. The van der Waals surface area contributed by atoms with Crippen LogP contribution in [0.2, 0.25) is 0 Å². The third kappa shape index (κ3) is 3.98. The van der Waals surface area contributed by atoms with Gasteiger partial charge in [-0.25, -0.2) is 0 Å². The van der Waals surface area contributed by atoms with Crippen molar-refractivity contribution >= 4 is 29.4 Å². The number of carbonyl (C=O) groups is 1. The number of hydrogen-bond acceptors (Lipinski definition) is 3. The number of nitrogens with zero attached hydrogens (tertiary/aromatic N) is 1. The second kappa shape index (κ2) is 7.59. The molecule has 0 N–H and O–H groups in total. The van der Waals surface area contributed by atoms with Gasteiger partial charge in [0.05, 0.1) is 4.58 Å². The average molecular weight is 322 g/mol. The monoisotopic (exact) mass is 321 g/mol. The summed E-state index contributed by atoms with van der Waals surface area (Å²) in [5, 5.41) is 0. The highest BCUT2D eigenvalue weighted by molar-refractivity contribution is 8.19. The zero-order valence-corrected chi connectivity index (χ0v) is 14.1. The summed E-state index contributed by atoms with van der Waals surface area (Å²) in [6, 6.07) is 8.34. The van der Waals surface area contributed by atoms with Gasteiger partial charge in [0, 0.05) is 30.2 Å². The van der Waals surface area contributed by atoms with E-state index in [-0.39, 0.29) is 5.91 Å². The number of thioether (sulfide) groups is 2. The van der Waals surface area contributed by atoms with Crippen LogP contribution in [-0.4, -0.2) is 35.4 Å². The molecule has 0 aliphatic carbocycles. The minimum Gasteiger partial charge on any atom is -0.339 e. The van der Waals surface area contributed by atoms with E-state index in [0.717, 1.165) is 31.5 Å². The van der Waals surface area contributed by atoms with E-state index in [1.807, 2.05) is 40.6 Å². The maximum atomic E-state index is 12.6. The van der Waals surface area contributed by atoms with Crippen molar-refractivity contribution in [1.82, 2.24) is 4.90 Å². The van der Waals surface area contributed by atoms with Crippen molar-refractivity contribution in [2.75, 3.05) is 24.6 Å². The minimum atomic E-state index is 0.218. The lowest BCUT2D eigenvalue weighted by atomic mass is 10.1. The first-order valence-electron chi connectivity index (χ1n) is 7.97. The summed E-state index contributed by atoms with van der Waals surface area (Å²) < 4.78 is 0.566. The summed E-state index contributed by atoms with van der Waals surface area (Å²) >= 11 is 4.02. The van der Waals surface area contributed by atoms with Crippen LogP contribution < -0.4 is 0 Å². The molecule has 2 nitrogen and oxygen atoms in total. The molecule has 21 heavy (non-hydrogen) atoms. The van der Waals surface area contributed by atoms with Gasteiger partial charge >= 0.3 is 0 Å². The van der Waals surface area contributed by atoms with Crippen molar-refractivity contribution in [3.8, 4) is 0 Å². The number of likely N-dealkylation sites (tertiary alicyclic amines) is 1. The Balaban J connectivity index is 1.65. The lowest BCUT2D eigenvalue weighted by Gasteiger charge is -2.25. The van der Waals surface area contributed by atoms with Gasteiger partial charge < -0.3 is 4.90 Å². The number of benzene rings is 1. The maximum Gasteiger partial charge on any atom is 0.253 e. The van der Waals surface area contributed by atoms with Gasteiger partial charge in [-0.15, -0.1) is 23.5 Å². The van der Waals surface area contributed by atoms with Crippen LogP contribution in [0.15, 0.2) is 24.3 Å². The van der Waals surface area contributed by atoms with E-state index in [1.54, 1.807) is 0 Å². The van der Waals surface area contributed by atoms with Gasteiger partial charge in [-0.2, -0.15) is 0 Å². The quantitative estimate of drug-likeness (QED) is 0.796.